The third-order valence-electron chi connectivity index (χ3n) is 4.13. The number of hydrogen-bond acceptors (Lipinski definition) is 7. The Kier molecular flexibility index (Phi) is 6.19. The molecule has 0 aliphatic carbocycles. The first-order chi connectivity index (χ1) is 10.9. The Balaban J connectivity index is 0.00000208. The maximum absolute atomic E-state index is 12.7. The minimum absolute atomic E-state index is 0. The van der Waals surface area contributed by atoms with Gasteiger partial charge in [-0.1, -0.05) is 5.16 Å². The number of aromatic nitrogens is 1. The Labute approximate surface area is 151 Å². The number of carbonyl (C=O) groups is 1. The molecule has 0 spiro atoms. The van der Waals surface area contributed by atoms with E-state index in [9.17, 15) is 13.2 Å². The fraction of sp³-hybridized carbons (Fsp3) is 0.692. The molecule has 2 fully saturated rings. The number of nitrogens with zero attached hydrogens (tertiary/aromatic N) is 3. The molecule has 0 saturated carbocycles. The highest BCUT2D eigenvalue weighted by atomic mass is 35.5. The van der Waals surface area contributed by atoms with E-state index in [-0.39, 0.29) is 42.3 Å². The number of thioether (sulfide) groups is 1. The normalized spacial score (nSPS) is 22.4. The number of rotatable bonds is 3. The first kappa shape index (κ1) is 19.5. The smallest absolute Gasteiger partial charge is 0.248 e. The number of sulfonamides is 1. The third kappa shape index (κ3) is 3.57. The molecule has 1 N–H and O–H groups in total. The molecule has 1 aromatic rings. The molecule has 0 aromatic carbocycles. The lowest BCUT2D eigenvalue weighted by Crippen LogP contribution is -2.54. The van der Waals surface area contributed by atoms with Gasteiger partial charge in [-0.3, -0.25) is 10.1 Å². The van der Waals surface area contributed by atoms with Crippen LogP contribution in [0.2, 0.25) is 0 Å². The zero-order valence-electron chi connectivity index (χ0n) is 13.5. The van der Waals surface area contributed by atoms with Gasteiger partial charge in [0.25, 0.3) is 0 Å². The van der Waals surface area contributed by atoms with Crippen LogP contribution in [0.15, 0.2) is 9.42 Å². The molecule has 1 aromatic heterocycles. The molecule has 0 radical (unpaired) electrons. The van der Waals surface area contributed by atoms with Crippen molar-refractivity contribution in [2.75, 3.05) is 37.8 Å². The van der Waals surface area contributed by atoms with Gasteiger partial charge in [0.05, 0.1) is 6.04 Å². The van der Waals surface area contributed by atoms with Gasteiger partial charge in [0.15, 0.2) is 5.76 Å². The van der Waals surface area contributed by atoms with Crippen LogP contribution in [0.5, 0.6) is 0 Å². The van der Waals surface area contributed by atoms with Crippen molar-refractivity contribution in [1.82, 2.24) is 19.7 Å². The maximum Gasteiger partial charge on any atom is 0.248 e. The number of halogens is 1. The van der Waals surface area contributed by atoms with Gasteiger partial charge in [0.2, 0.25) is 15.9 Å². The highest BCUT2D eigenvalue weighted by molar-refractivity contribution is 7.99. The Morgan fingerprint density at radius 3 is 2.46 bits per heavy atom. The van der Waals surface area contributed by atoms with Crippen molar-refractivity contribution in [3.05, 3.63) is 11.5 Å². The predicted molar refractivity (Wildman–Crippen MR) is 92.8 cm³/mol. The van der Waals surface area contributed by atoms with Crippen LogP contribution in [-0.4, -0.2) is 72.5 Å². The fourth-order valence-corrected chi connectivity index (χ4v) is 5.54. The summed E-state index contributed by atoms with van der Waals surface area (Å²) in [6.07, 6.45) is 0. The highest BCUT2D eigenvalue weighted by Crippen LogP contribution is 2.24. The molecule has 1 atom stereocenters. The van der Waals surface area contributed by atoms with Crippen molar-refractivity contribution < 1.29 is 17.7 Å². The molecule has 0 bridgehead atoms. The lowest BCUT2D eigenvalue weighted by Gasteiger charge is -2.35. The molecule has 2 saturated heterocycles. The number of aryl methyl sites for hydroxylation is 2. The van der Waals surface area contributed by atoms with Gasteiger partial charge >= 0.3 is 0 Å². The number of piperazine rings is 1. The lowest BCUT2D eigenvalue weighted by molar-refractivity contribution is -0.133. The average Bonchev–Trinajstić information content (AvgIpc) is 3.17. The third-order valence-corrected chi connectivity index (χ3v) is 7.21. The number of carbonyl (C=O) groups excluding carboxylic acids is 1. The van der Waals surface area contributed by atoms with Crippen LogP contribution in [0.1, 0.15) is 11.5 Å². The average molecular weight is 397 g/mol. The van der Waals surface area contributed by atoms with Gasteiger partial charge in [0.1, 0.15) is 10.6 Å². The van der Waals surface area contributed by atoms with E-state index in [2.05, 4.69) is 10.5 Å². The van der Waals surface area contributed by atoms with Crippen molar-refractivity contribution in [1.29, 1.82) is 0 Å². The number of hydrogen-bond donors (Lipinski definition) is 1. The van der Waals surface area contributed by atoms with E-state index in [4.69, 9.17) is 4.52 Å². The van der Waals surface area contributed by atoms with Gasteiger partial charge in [0, 0.05) is 37.8 Å². The molecule has 2 aliphatic rings. The number of nitrogens with one attached hydrogen (secondary N) is 1. The van der Waals surface area contributed by atoms with Crippen molar-refractivity contribution in [2.45, 2.75) is 24.8 Å². The van der Waals surface area contributed by atoms with Crippen LogP contribution in [0, 0.1) is 13.8 Å². The second kappa shape index (κ2) is 7.61. The molecule has 3 rings (SSSR count). The quantitative estimate of drug-likeness (QED) is 0.780. The molecule has 8 nitrogen and oxygen atoms in total. The van der Waals surface area contributed by atoms with Gasteiger partial charge in [-0.15, -0.1) is 24.2 Å². The largest absolute Gasteiger partial charge is 0.360 e. The molecule has 3 heterocycles. The van der Waals surface area contributed by atoms with Gasteiger partial charge in [-0.2, -0.15) is 4.31 Å². The lowest BCUT2D eigenvalue weighted by atomic mass is 10.2. The molecular formula is C13H21ClN4O4S2. The minimum Gasteiger partial charge on any atom is -0.360 e. The van der Waals surface area contributed by atoms with E-state index >= 15 is 0 Å². The van der Waals surface area contributed by atoms with Crippen LogP contribution in [0.25, 0.3) is 0 Å². The highest BCUT2D eigenvalue weighted by Gasteiger charge is 2.36. The summed E-state index contributed by atoms with van der Waals surface area (Å²) >= 11 is 1.70. The van der Waals surface area contributed by atoms with Crippen LogP contribution >= 0.6 is 24.2 Å². The van der Waals surface area contributed by atoms with E-state index in [0.29, 0.717) is 24.5 Å². The molecule has 11 heteroatoms. The van der Waals surface area contributed by atoms with E-state index < -0.39 is 10.0 Å². The summed E-state index contributed by atoms with van der Waals surface area (Å²) in [6.45, 7) is 4.60. The summed E-state index contributed by atoms with van der Waals surface area (Å²) in [4.78, 5) is 14.2. The molecule has 1 unspecified atom stereocenters. The SMILES string of the molecule is Cc1noc(C)c1S(=O)(=O)N1CCN(C(=O)C2CSCN2)CC1.Cl. The monoisotopic (exact) mass is 396 g/mol. The summed E-state index contributed by atoms with van der Waals surface area (Å²) in [5, 5.41) is 6.87. The van der Waals surface area contributed by atoms with Crippen LogP contribution in [0.4, 0.5) is 0 Å². The summed E-state index contributed by atoms with van der Waals surface area (Å²) in [5.74, 6) is 1.92. The first-order valence-corrected chi connectivity index (χ1v) is 10.0. The molecule has 1 amide bonds. The molecule has 136 valence electrons. The van der Waals surface area contributed by atoms with Crippen molar-refractivity contribution in [2.24, 2.45) is 0 Å². The van der Waals surface area contributed by atoms with Crippen LogP contribution in [-0.2, 0) is 14.8 Å². The Hall–Kier alpha value is -0.810. The fourth-order valence-electron chi connectivity index (χ4n) is 2.90. The Morgan fingerprint density at radius 2 is 1.96 bits per heavy atom. The van der Waals surface area contributed by atoms with Crippen molar-refractivity contribution >= 4 is 40.1 Å². The molecule has 2 aliphatic heterocycles. The minimum atomic E-state index is -3.63. The molecular weight excluding hydrogens is 376 g/mol. The summed E-state index contributed by atoms with van der Waals surface area (Å²) in [5.41, 5.74) is 0.369. The predicted octanol–water partition coefficient (Wildman–Crippen LogP) is 0.209. The second-order valence-corrected chi connectivity index (χ2v) is 8.56. The van der Waals surface area contributed by atoms with Crippen molar-refractivity contribution in [3.8, 4) is 0 Å². The topological polar surface area (TPSA) is 95.8 Å². The summed E-state index contributed by atoms with van der Waals surface area (Å²) in [6, 6.07) is -0.147. The van der Waals surface area contributed by atoms with Crippen molar-refractivity contribution in [3.63, 3.8) is 0 Å². The summed E-state index contributed by atoms with van der Waals surface area (Å²) < 4.78 is 31.8. The molecule has 24 heavy (non-hydrogen) atoms. The zero-order chi connectivity index (χ0) is 16.6. The van der Waals surface area contributed by atoms with Gasteiger partial charge in [-0.25, -0.2) is 8.42 Å². The zero-order valence-corrected chi connectivity index (χ0v) is 16.0. The van der Waals surface area contributed by atoms with E-state index in [1.807, 2.05) is 0 Å². The van der Waals surface area contributed by atoms with E-state index in [0.717, 1.165) is 11.6 Å². The van der Waals surface area contributed by atoms with E-state index in [1.165, 1.54) is 4.31 Å². The first-order valence-electron chi connectivity index (χ1n) is 7.44. The van der Waals surface area contributed by atoms with Crippen LogP contribution in [0.3, 0.4) is 0 Å². The summed E-state index contributed by atoms with van der Waals surface area (Å²) in [7, 11) is -3.63. The standard InChI is InChI=1S/C13H20N4O4S2.ClH/c1-9-12(10(2)21-15-9)23(19,20)17-5-3-16(4-6-17)13(18)11-7-22-8-14-11;/h11,14H,3-8H2,1-2H3;1H. The van der Waals surface area contributed by atoms with Crippen LogP contribution < -0.4 is 5.32 Å². The van der Waals surface area contributed by atoms with E-state index in [1.54, 1.807) is 30.5 Å². The maximum atomic E-state index is 12.7. The van der Waals surface area contributed by atoms with Gasteiger partial charge in [-0.05, 0) is 13.8 Å². The Bertz CT molecular complexity index is 675. The van der Waals surface area contributed by atoms with Gasteiger partial charge < -0.3 is 9.42 Å². The number of amides is 1. The second-order valence-electron chi connectivity index (χ2n) is 5.65. The Morgan fingerprint density at radius 1 is 1.29 bits per heavy atom.